The number of carbonyl (C=O) groups is 2. The number of amides is 1. The Balaban J connectivity index is 1.64. The second-order valence-electron chi connectivity index (χ2n) is 6.52. The predicted molar refractivity (Wildman–Crippen MR) is 110 cm³/mol. The van der Waals surface area contributed by atoms with Crippen LogP contribution < -0.4 is 10.2 Å². The Labute approximate surface area is 164 Å². The van der Waals surface area contributed by atoms with Crippen LogP contribution in [-0.2, 0) is 6.42 Å². The summed E-state index contributed by atoms with van der Waals surface area (Å²) in [5.74, 6) is 0.502. The van der Waals surface area contributed by atoms with Crippen LogP contribution in [0.3, 0.4) is 0 Å². The van der Waals surface area contributed by atoms with E-state index in [0.717, 1.165) is 18.8 Å². The molecule has 0 atom stereocenters. The smallest absolute Gasteiger partial charge is 0.255 e. The van der Waals surface area contributed by atoms with E-state index in [1.165, 1.54) is 12.5 Å². The molecule has 2 aromatic heterocycles. The van der Waals surface area contributed by atoms with Crippen molar-refractivity contribution in [1.82, 2.24) is 9.97 Å². The van der Waals surface area contributed by atoms with Crippen molar-refractivity contribution in [2.24, 2.45) is 0 Å². The SMILES string of the molecule is CC(=O)c1ccc(NC(=O)c2ccnc(N(C)CCc3ccncc3)c2)cc1. The summed E-state index contributed by atoms with van der Waals surface area (Å²) in [5.41, 5.74) is 2.97. The summed E-state index contributed by atoms with van der Waals surface area (Å²) in [4.78, 5) is 34.3. The molecule has 0 fully saturated rings. The van der Waals surface area contributed by atoms with E-state index in [2.05, 4.69) is 15.3 Å². The van der Waals surface area contributed by atoms with Gasteiger partial charge in [0.1, 0.15) is 5.82 Å². The van der Waals surface area contributed by atoms with E-state index in [-0.39, 0.29) is 11.7 Å². The number of ketones is 1. The van der Waals surface area contributed by atoms with Crippen molar-refractivity contribution in [2.75, 3.05) is 23.8 Å². The third-order valence-corrected chi connectivity index (χ3v) is 4.43. The maximum atomic E-state index is 12.6. The van der Waals surface area contributed by atoms with E-state index < -0.39 is 0 Å². The highest BCUT2D eigenvalue weighted by atomic mass is 16.1. The maximum absolute atomic E-state index is 12.6. The largest absolute Gasteiger partial charge is 0.359 e. The Kier molecular flexibility index (Phi) is 6.11. The fourth-order valence-electron chi connectivity index (χ4n) is 2.72. The van der Waals surface area contributed by atoms with Gasteiger partial charge in [0.05, 0.1) is 0 Å². The van der Waals surface area contributed by atoms with Gasteiger partial charge < -0.3 is 10.2 Å². The summed E-state index contributed by atoms with van der Waals surface area (Å²) in [5, 5.41) is 2.84. The van der Waals surface area contributed by atoms with Crippen LogP contribution in [0.4, 0.5) is 11.5 Å². The van der Waals surface area contributed by atoms with Gasteiger partial charge in [-0.2, -0.15) is 0 Å². The molecule has 0 unspecified atom stereocenters. The highest BCUT2D eigenvalue weighted by Gasteiger charge is 2.10. The van der Waals surface area contributed by atoms with Crippen LogP contribution in [0.2, 0.25) is 0 Å². The number of nitrogens with one attached hydrogen (secondary N) is 1. The number of benzene rings is 1. The van der Waals surface area contributed by atoms with Crippen LogP contribution in [0.1, 0.15) is 33.2 Å². The van der Waals surface area contributed by atoms with E-state index in [1.54, 1.807) is 55.0 Å². The van der Waals surface area contributed by atoms with Crippen molar-refractivity contribution in [1.29, 1.82) is 0 Å². The van der Waals surface area contributed by atoms with Crippen LogP contribution in [0.5, 0.6) is 0 Å². The number of hydrogen-bond donors (Lipinski definition) is 1. The number of nitrogens with zero attached hydrogens (tertiary/aromatic N) is 3. The van der Waals surface area contributed by atoms with Crippen LogP contribution in [0, 0.1) is 0 Å². The summed E-state index contributed by atoms with van der Waals surface area (Å²) >= 11 is 0. The minimum absolute atomic E-state index is 0.00791. The van der Waals surface area contributed by atoms with Crippen molar-refractivity contribution in [3.05, 3.63) is 83.8 Å². The van der Waals surface area contributed by atoms with Crippen LogP contribution in [-0.4, -0.2) is 35.3 Å². The van der Waals surface area contributed by atoms with E-state index in [4.69, 9.17) is 0 Å². The Morgan fingerprint density at radius 1 is 0.964 bits per heavy atom. The number of rotatable bonds is 7. The number of pyridine rings is 2. The summed E-state index contributed by atoms with van der Waals surface area (Å²) in [6.45, 7) is 2.28. The van der Waals surface area contributed by atoms with Crippen LogP contribution in [0.25, 0.3) is 0 Å². The number of Topliss-reactive ketones (excluding diaryl/α,β-unsaturated/α-hetero) is 1. The molecule has 0 bridgehead atoms. The molecule has 0 aliphatic heterocycles. The van der Waals surface area contributed by atoms with Gasteiger partial charge in [0, 0.05) is 49.0 Å². The average molecular weight is 374 g/mol. The van der Waals surface area contributed by atoms with E-state index >= 15 is 0 Å². The third kappa shape index (κ3) is 5.01. The first-order valence-electron chi connectivity index (χ1n) is 9.01. The minimum Gasteiger partial charge on any atom is -0.359 e. The van der Waals surface area contributed by atoms with Gasteiger partial charge in [0.15, 0.2) is 5.78 Å². The summed E-state index contributed by atoms with van der Waals surface area (Å²) in [6, 6.07) is 14.3. The topological polar surface area (TPSA) is 75.2 Å². The van der Waals surface area contributed by atoms with Crippen LogP contribution >= 0.6 is 0 Å². The highest BCUT2D eigenvalue weighted by Crippen LogP contribution is 2.15. The molecule has 0 saturated carbocycles. The molecule has 0 aliphatic carbocycles. The Morgan fingerprint density at radius 3 is 2.36 bits per heavy atom. The molecule has 0 radical (unpaired) electrons. The van der Waals surface area contributed by atoms with Gasteiger partial charge in [-0.05, 0) is 67.4 Å². The average Bonchev–Trinajstić information content (AvgIpc) is 2.73. The minimum atomic E-state index is -0.221. The van der Waals surface area contributed by atoms with E-state index in [0.29, 0.717) is 16.8 Å². The van der Waals surface area contributed by atoms with Gasteiger partial charge in [-0.25, -0.2) is 4.98 Å². The lowest BCUT2D eigenvalue weighted by Gasteiger charge is -2.18. The third-order valence-electron chi connectivity index (χ3n) is 4.43. The van der Waals surface area contributed by atoms with E-state index in [9.17, 15) is 9.59 Å². The fraction of sp³-hybridized carbons (Fsp3) is 0.182. The first-order valence-corrected chi connectivity index (χ1v) is 9.01. The highest BCUT2D eigenvalue weighted by molar-refractivity contribution is 6.05. The Hall–Kier alpha value is -3.54. The van der Waals surface area contributed by atoms with Gasteiger partial charge in [-0.1, -0.05) is 0 Å². The van der Waals surface area contributed by atoms with Crippen molar-refractivity contribution >= 4 is 23.2 Å². The molecule has 2 heterocycles. The molecule has 0 aliphatic rings. The lowest BCUT2D eigenvalue weighted by molar-refractivity contribution is 0.101. The first kappa shape index (κ1) is 19.2. The number of carbonyl (C=O) groups excluding carboxylic acids is 2. The zero-order valence-electron chi connectivity index (χ0n) is 15.9. The first-order chi connectivity index (χ1) is 13.5. The summed E-state index contributed by atoms with van der Waals surface area (Å²) in [6.07, 6.45) is 6.05. The van der Waals surface area contributed by atoms with Gasteiger partial charge in [-0.3, -0.25) is 14.6 Å². The monoisotopic (exact) mass is 374 g/mol. The molecule has 6 nitrogen and oxygen atoms in total. The molecule has 3 aromatic rings. The number of likely N-dealkylation sites (N-methyl/N-ethyl adjacent to an activating group) is 1. The van der Waals surface area contributed by atoms with Crippen LogP contribution in [0.15, 0.2) is 67.1 Å². The predicted octanol–water partition coefficient (Wildman–Crippen LogP) is 3.61. The standard InChI is InChI=1S/C22H22N4O2/c1-16(27)18-3-5-20(6-4-18)25-22(28)19-9-13-24-21(15-19)26(2)14-10-17-7-11-23-12-8-17/h3-9,11-13,15H,10,14H2,1-2H3,(H,25,28). The van der Waals surface area contributed by atoms with Crippen molar-refractivity contribution in [3.8, 4) is 0 Å². The fourth-order valence-corrected chi connectivity index (χ4v) is 2.72. The zero-order chi connectivity index (χ0) is 19.9. The summed E-state index contributed by atoms with van der Waals surface area (Å²) in [7, 11) is 1.95. The number of aromatic nitrogens is 2. The molecule has 1 aromatic carbocycles. The van der Waals surface area contributed by atoms with Gasteiger partial charge in [0.25, 0.3) is 5.91 Å². The molecule has 0 spiro atoms. The maximum Gasteiger partial charge on any atom is 0.255 e. The van der Waals surface area contributed by atoms with Crippen molar-refractivity contribution in [2.45, 2.75) is 13.3 Å². The molecule has 28 heavy (non-hydrogen) atoms. The van der Waals surface area contributed by atoms with E-state index in [1.807, 2.05) is 24.1 Å². The molecular formula is C22H22N4O2. The zero-order valence-corrected chi connectivity index (χ0v) is 15.9. The van der Waals surface area contributed by atoms with Gasteiger partial charge in [-0.15, -0.1) is 0 Å². The molecule has 6 heteroatoms. The number of hydrogen-bond acceptors (Lipinski definition) is 5. The molecule has 0 saturated heterocycles. The molecular weight excluding hydrogens is 352 g/mol. The molecule has 1 N–H and O–H groups in total. The second-order valence-corrected chi connectivity index (χ2v) is 6.52. The molecule has 1 amide bonds. The quantitative estimate of drug-likeness (QED) is 0.640. The molecule has 3 rings (SSSR count). The van der Waals surface area contributed by atoms with Crippen molar-refractivity contribution < 1.29 is 9.59 Å². The van der Waals surface area contributed by atoms with Gasteiger partial charge in [0.2, 0.25) is 0 Å². The number of anilines is 2. The lowest BCUT2D eigenvalue weighted by Crippen LogP contribution is -2.22. The van der Waals surface area contributed by atoms with Gasteiger partial charge >= 0.3 is 0 Å². The molecule has 142 valence electrons. The lowest BCUT2D eigenvalue weighted by atomic mass is 10.1. The Bertz CT molecular complexity index is 956. The Morgan fingerprint density at radius 2 is 1.68 bits per heavy atom. The van der Waals surface area contributed by atoms with Crippen molar-refractivity contribution in [3.63, 3.8) is 0 Å². The normalized spacial score (nSPS) is 10.4. The second kappa shape index (κ2) is 8.90. The summed E-state index contributed by atoms with van der Waals surface area (Å²) < 4.78 is 0.